The van der Waals surface area contributed by atoms with Crippen LogP contribution in [0.1, 0.15) is 48.0 Å². The molecule has 0 bridgehead atoms. The minimum Gasteiger partial charge on any atom is -0.448 e. The molecule has 4 heteroatoms. The van der Waals surface area contributed by atoms with E-state index in [1.807, 2.05) is 6.08 Å². The molecule has 22 heavy (non-hydrogen) atoms. The summed E-state index contributed by atoms with van der Waals surface area (Å²) in [7, 11) is -1.81. The van der Waals surface area contributed by atoms with Gasteiger partial charge >= 0.3 is 6.09 Å². The summed E-state index contributed by atoms with van der Waals surface area (Å²) in [4.78, 5) is 13.5. The van der Waals surface area contributed by atoms with Crippen LogP contribution in [0.3, 0.4) is 0 Å². The molecule has 0 spiro atoms. The Labute approximate surface area is 137 Å². The SMILES string of the molecule is C=CCC1COC(=O)N(C#C[Si](C(C)C)(C(C)C)C(C)C)C1. The van der Waals surface area contributed by atoms with Crippen molar-refractivity contribution in [2.45, 2.75) is 64.6 Å². The first-order valence-electron chi connectivity index (χ1n) is 8.33. The van der Waals surface area contributed by atoms with Crippen LogP contribution in [0.4, 0.5) is 4.79 Å². The van der Waals surface area contributed by atoms with Crippen LogP contribution in [0.25, 0.3) is 0 Å². The number of hydrogen-bond donors (Lipinski definition) is 0. The van der Waals surface area contributed by atoms with Crippen molar-refractivity contribution in [3.8, 4) is 11.6 Å². The first kappa shape index (κ1) is 18.8. The average molecular weight is 322 g/mol. The van der Waals surface area contributed by atoms with E-state index in [2.05, 4.69) is 59.7 Å². The van der Waals surface area contributed by atoms with E-state index < -0.39 is 8.07 Å². The minimum atomic E-state index is -1.81. The summed E-state index contributed by atoms with van der Waals surface area (Å²) < 4.78 is 5.25. The third kappa shape index (κ3) is 3.95. The monoisotopic (exact) mass is 321 g/mol. The lowest BCUT2D eigenvalue weighted by molar-refractivity contribution is 0.0649. The Morgan fingerprint density at radius 3 is 2.27 bits per heavy atom. The van der Waals surface area contributed by atoms with Gasteiger partial charge in [-0.25, -0.2) is 9.69 Å². The van der Waals surface area contributed by atoms with Crippen molar-refractivity contribution in [3.63, 3.8) is 0 Å². The van der Waals surface area contributed by atoms with E-state index in [9.17, 15) is 4.79 Å². The number of carbonyl (C=O) groups excluding carboxylic acids is 1. The molecule has 1 aliphatic heterocycles. The predicted octanol–water partition coefficient (Wildman–Crippen LogP) is 4.81. The average Bonchev–Trinajstić information content (AvgIpc) is 2.41. The lowest BCUT2D eigenvalue weighted by Gasteiger charge is -2.38. The normalized spacial score (nSPS) is 19.2. The zero-order valence-corrected chi connectivity index (χ0v) is 16.0. The second kappa shape index (κ2) is 7.87. The van der Waals surface area contributed by atoms with Gasteiger partial charge in [-0.1, -0.05) is 47.6 Å². The topological polar surface area (TPSA) is 29.5 Å². The third-order valence-electron chi connectivity index (χ3n) is 4.88. The number of rotatable bonds is 5. The van der Waals surface area contributed by atoms with E-state index in [4.69, 9.17) is 4.74 Å². The van der Waals surface area contributed by atoms with Crippen molar-refractivity contribution in [2.75, 3.05) is 13.2 Å². The van der Waals surface area contributed by atoms with Gasteiger partial charge in [0.1, 0.15) is 8.07 Å². The molecule has 1 saturated heterocycles. The fourth-order valence-electron chi connectivity index (χ4n) is 3.72. The first-order chi connectivity index (χ1) is 10.3. The smallest absolute Gasteiger partial charge is 0.421 e. The number of ether oxygens (including phenoxy) is 1. The Hall–Kier alpha value is -1.21. The minimum absolute atomic E-state index is 0.299. The van der Waals surface area contributed by atoms with Gasteiger partial charge in [0.05, 0.1) is 6.61 Å². The summed E-state index contributed by atoms with van der Waals surface area (Å²) in [6.45, 7) is 18.5. The van der Waals surface area contributed by atoms with E-state index in [1.54, 1.807) is 4.90 Å². The summed E-state index contributed by atoms with van der Waals surface area (Å²) in [5.41, 5.74) is 5.26. The van der Waals surface area contributed by atoms with Gasteiger partial charge in [0.15, 0.2) is 0 Å². The maximum atomic E-state index is 12.0. The molecule has 0 aromatic rings. The summed E-state index contributed by atoms with van der Waals surface area (Å²) >= 11 is 0. The molecule has 0 aliphatic carbocycles. The summed E-state index contributed by atoms with van der Waals surface area (Å²) in [5.74, 6) is 0.303. The molecule has 0 saturated carbocycles. The molecule has 1 fully saturated rings. The van der Waals surface area contributed by atoms with Gasteiger partial charge in [0.2, 0.25) is 0 Å². The van der Waals surface area contributed by atoms with Gasteiger partial charge in [-0.2, -0.15) is 0 Å². The highest BCUT2D eigenvalue weighted by molar-refractivity contribution is 6.90. The lowest BCUT2D eigenvalue weighted by atomic mass is 10.1. The van der Waals surface area contributed by atoms with Crippen LogP contribution >= 0.6 is 0 Å². The van der Waals surface area contributed by atoms with Crippen LogP contribution in [0.5, 0.6) is 0 Å². The van der Waals surface area contributed by atoms with Crippen molar-refractivity contribution in [1.29, 1.82) is 0 Å². The summed E-state index contributed by atoms with van der Waals surface area (Å²) in [5, 5.41) is 0. The zero-order chi connectivity index (χ0) is 16.9. The van der Waals surface area contributed by atoms with Crippen molar-refractivity contribution < 1.29 is 9.53 Å². The maximum Gasteiger partial charge on any atom is 0.421 e. The molecule has 124 valence electrons. The lowest BCUT2D eigenvalue weighted by Crippen LogP contribution is -2.45. The van der Waals surface area contributed by atoms with Crippen LogP contribution in [-0.2, 0) is 4.74 Å². The van der Waals surface area contributed by atoms with E-state index in [0.717, 1.165) is 6.42 Å². The molecule has 0 radical (unpaired) electrons. The molecule has 1 heterocycles. The number of hydrogen-bond acceptors (Lipinski definition) is 2. The quantitative estimate of drug-likeness (QED) is 0.413. The van der Waals surface area contributed by atoms with Gasteiger partial charge in [-0.3, -0.25) is 0 Å². The summed E-state index contributed by atoms with van der Waals surface area (Å²) in [6, 6.07) is 3.18. The fraction of sp³-hybridized carbons (Fsp3) is 0.722. The van der Waals surface area contributed by atoms with Crippen LogP contribution in [-0.4, -0.2) is 32.2 Å². The van der Waals surface area contributed by atoms with Crippen molar-refractivity contribution in [3.05, 3.63) is 12.7 Å². The Morgan fingerprint density at radius 2 is 1.82 bits per heavy atom. The molecule has 0 N–H and O–H groups in total. The zero-order valence-electron chi connectivity index (χ0n) is 15.0. The molecule has 1 unspecified atom stereocenters. The number of allylic oxidation sites excluding steroid dienone is 1. The molecule has 0 aromatic heterocycles. The largest absolute Gasteiger partial charge is 0.448 e. The Bertz CT molecular complexity index is 438. The van der Waals surface area contributed by atoms with Crippen LogP contribution < -0.4 is 0 Å². The molecule has 0 aromatic carbocycles. The Kier molecular flexibility index (Phi) is 6.74. The Balaban J connectivity index is 3.05. The van der Waals surface area contributed by atoms with Crippen LogP contribution in [0, 0.1) is 17.5 Å². The molecular weight excluding hydrogens is 290 g/mol. The highest BCUT2D eigenvalue weighted by Crippen LogP contribution is 2.40. The van der Waals surface area contributed by atoms with E-state index in [-0.39, 0.29) is 6.09 Å². The van der Waals surface area contributed by atoms with Crippen LogP contribution in [0.15, 0.2) is 12.7 Å². The summed E-state index contributed by atoms with van der Waals surface area (Å²) in [6.07, 6.45) is 2.43. The molecular formula is C18H31NO2Si. The van der Waals surface area contributed by atoms with Gasteiger partial charge in [0.25, 0.3) is 0 Å². The van der Waals surface area contributed by atoms with E-state index in [1.165, 1.54) is 0 Å². The van der Waals surface area contributed by atoms with E-state index in [0.29, 0.717) is 35.7 Å². The molecule has 1 atom stereocenters. The number of carbonyl (C=O) groups is 1. The van der Waals surface area contributed by atoms with Crippen molar-refractivity contribution in [1.82, 2.24) is 4.90 Å². The highest BCUT2D eigenvalue weighted by Gasteiger charge is 2.42. The number of nitrogens with zero attached hydrogens (tertiary/aromatic N) is 1. The van der Waals surface area contributed by atoms with Crippen molar-refractivity contribution in [2.24, 2.45) is 5.92 Å². The molecule has 1 rings (SSSR count). The first-order valence-corrected chi connectivity index (χ1v) is 10.6. The van der Waals surface area contributed by atoms with Crippen LogP contribution in [0.2, 0.25) is 16.6 Å². The molecule has 1 aliphatic rings. The molecule has 1 amide bonds. The Morgan fingerprint density at radius 1 is 1.27 bits per heavy atom. The van der Waals surface area contributed by atoms with E-state index >= 15 is 0 Å². The second-order valence-corrected chi connectivity index (χ2v) is 12.8. The fourth-order valence-corrected chi connectivity index (χ4v) is 8.91. The second-order valence-electron chi connectivity index (χ2n) is 7.21. The van der Waals surface area contributed by atoms with Gasteiger partial charge in [-0.05, 0) is 23.0 Å². The molecule has 3 nitrogen and oxygen atoms in total. The highest BCUT2D eigenvalue weighted by atomic mass is 28.3. The number of cyclic esters (lactones) is 1. The predicted molar refractivity (Wildman–Crippen MR) is 95.2 cm³/mol. The standard InChI is InChI=1S/C18H31NO2Si/c1-8-9-17-12-19(18(20)21-13-17)10-11-22(14(2)3,15(4)5)16(6)7/h8,14-17H,1,9,12-13H2,2-7H3. The maximum absolute atomic E-state index is 12.0. The van der Waals surface area contributed by atoms with Gasteiger partial charge in [-0.15, -0.1) is 12.1 Å². The van der Waals surface area contributed by atoms with Gasteiger partial charge in [0, 0.05) is 18.5 Å². The third-order valence-corrected chi connectivity index (χ3v) is 11.2. The van der Waals surface area contributed by atoms with Gasteiger partial charge < -0.3 is 4.74 Å². The van der Waals surface area contributed by atoms with Crippen molar-refractivity contribution >= 4 is 14.2 Å². The number of amides is 1.